The third-order valence-electron chi connectivity index (χ3n) is 6.77. The summed E-state index contributed by atoms with van der Waals surface area (Å²) in [5.41, 5.74) is -1.70. The second-order valence-electron chi connectivity index (χ2n) is 10.7. The lowest BCUT2D eigenvalue weighted by molar-refractivity contribution is -0.143. The number of hydrogen-bond donors (Lipinski definition) is 1. The van der Waals surface area contributed by atoms with Crippen molar-refractivity contribution in [3.05, 3.63) is 58.7 Å². The molecule has 1 N–H and O–H groups in total. The predicted molar refractivity (Wildman–Crippen MR) is 144 cm³/mol. The van der Waals surface area contributed by atoms with E-state index in [0.29, 0.717) is 24.4 Å². The normalized spacial score (nSPS) is 13.8. The van der Waals surface area contributed by atoms with Crippen LogP contribution in [-0.4, -0.2) is 50.1 Å². The highest BCUT2D eigenvalue weighted by Gasteiger charge is 2.38. The van der Waals surface area contributed by atoms with E-state index in [2.05, 4.69) is 5.32 Å². The fourth-order valence-corrected chi connectivity index (χ4v) is 4.82. The molecule has 41 heavy (non-hydrogen) atoms. The van der Waals surface area contributed by atoms with Crippen molar-refractivity contribution in [2.75, 3.05) is 43.6 Å². The van der Waals surface area contributed by atoms with E-state index < -0.39 is 59.5 Å². The summed E-state index contributed by atoms with van der Waals surface area (Å²) in [4.78, 5) is 30.2. The maximum Gasteiger partial charge on any atom is 0.416 e. The maximum absolute atomic E-state index is 13.6. The van der Waals surface area contributed by atoms with E-state index in [1.165, 1.54) is 18.9 Å². The topological polar surface area (TPSA) is 52.7 Å². The first kappa shape index (κ1) is 34.1. The lowest BCUT2D eigenvalue weighted by Gasteiger charge is -2.32. The molecule has 0 spiro atoms. The van der Waals surface area contributed by atoms with Gasteiger partial charge in [0.1, 0.15) is 6.67 Å². The summed E-state index contributed by atoms with van der Waals surface area (Å²) in [6.07, 6.45) is -10.2. The van der Waals surface area contributed by atoms with Gasteiger partial charge in [0.05, 0.1) is 17.0 Å². The number of aryl methyl sites for hydroxylation is 2. The zero-order valence-corrected chi connectivity index (χ0v) is 23.9. The number of amides is 2. The standard InChI is InChI=1S/C29H36F7N3O2/c1-17(2)15-39(11-10-30)16-24(20(5)27(41)38(6)25-18(3)8-7-9-19(25)4)26(40)37-23-13-21(28(31,32)33)12-22(14-23)29(34,35)36/h7-9,12-14,17,20,24H,10-11,15-16H2,1-6H3,(H,37,40). The molecule has 2 amide bonds. The molecule has 0 aliphatic rings. The van der Waals surface area contributed by atoms with E-state index in [0.717, 1.165) is 11.1 Å². The first-order valence-electron chi connectivity index (χ1n) is 13.1. The fraction of sp³-hybridized carbons (Fsp3) is 0.517. The highest BCUT2D eigenvalue weighted by Crippen LogP contribution is 2.38. The van der Waals surface area contributed by atoms with Gasteiger partial charge in [-0.15, -0.1) is 0 Å². The van der Waals surface area contributed by atoms with E-state index in [1.54, 1.807) is 30.9 Å². The number of anilines is 2. The Hall–Kier alpha value is -3.15. The minimum Gasteiger partial charge on any atom is -0.326 e. The molecular formula is C29H36F7N3O2. The van der Waals surface area contributed by atoms with Gasteiger partial charge in [-0.05, 0) is 49.1 Å². The highest BCUT2D eigenvalue weighted by molar-refractivity contribution is 6.01. The summed E-state index contributed by atoms with van der Waals surface area (Å²) in [5.74, 6) is -3.70. The van der Waals surface area contributed by atoms with Gasteiger partial charge >= 0.3 is 12.4 Å². The van der Waals surface area contributed by atoms with Crippen LogP contribution in [0, 0.1) is 31.6 Å². The van der Waals surface area contributed by atoms with Gasteiger partial charge < -0.3 is 10.2 Å². The number of nitrogens with one attached hydrogen (secondary N) is 1. The third kappa shape index (κ3) is 9.17. The molecule has 0 saturated heterocycles. The first-order valence-corrected chi connectivity index (χ1v) is 13.1. The summed E-state index contributed by atoms with van der Waals surface area (Å²) >= 11 is 0. The number of hydrogen-bond acceptors (Lipinski definition) is 3. The quantitative estimate of drug-likeness (QED) is 0.283. The third-order valence-corrected chi connectivity index (χ3v) is 6.77. The van der Waals surface area contributed by atoms with Crippen LogP contribution in [0.15, 0.2) is 36.4 Å². The smallest absolute Gasteiger partial charge is 0.326 e. The molecule has 12 heteroatoms. The lowest BCUT2D eigenvalue weighted by atomic mass is 9.90. The number of para-hydroxylation sites is 1. The molecule has 5 nitrogen and oxygen atoms in total. The fourth-order valence-electron chi connectivity index (χ4n) is 4.82. The molecule has 2 aromatic carbocycles. The minimum atomic E-state index is -5.10. The second-order valence-corrected chi connectivity index (χ2v) is 10.7. The Morgan fingerprint density at radius 3 is 1.83 bits per heavy atom. The van der Waals surface area contributed by atoms with E-state index in [4.69, 9.17) is 0 Å². The highest BCUT2D eigenvalue weighted by atomic mass is 19.4. The molecule has 0 bridgehead atoms. The molecule has 2 rings (SSSR count). The van der Waals surface area contributed by atoms with Gasteiger partial charge in [0.15, 0.2) is 0 Å². The molecule has 0 fully saturated rings. The second kappa shape index (κ2) is 13.7. The van der Waals surface area contributed by atoms with Gasteiger partial charge in [-0.25, -0.2) is 4.39 Å². The molecule has 0 aromatic heterocycles. The van der Waals surface area contributed by atoms with Crippen molar-refractivity contribution >= 4 is 23.2 Å². The van der Waals surface area contributed by atoms with Crippen LogP contribution in [0.5, 0.6) is 0 Å². The van der Waals surface area contributed by atoms with Gasteiger partial charge in [-0.2, -0.15) is 26.3 Å². The molecule has 0 radical (unpaired) electrons. The Labute approximate surface area is 235 Å². The van der Waals surface area contributed by atoms with Gasteiger partial charge in [-0.1, -0.05) is 39.0 Å². The lowest BCUT2D eigenvalue weighted by Crippen LogP contribution is -2.46. The minimum absolute atomic E-state index is 0.0373. The van der Waals surface area contributed by atoms with Crippen LogP contribution in [0.25, 0.3) is 0 Å². The zero-order valence-electron chi connectivity index (χ0n) is 23.9. The average Bonchev–Trinajstić information content (AvgIpc) is 2.84. The number of rotatable bonds is 11. The molecule has 228 valence electrons. The molecule has 2 atom stereocenters. The number of nitrogens with zero attached hydrogens (tertiary/aromatic N) is 2. The maximum atomic E-state index is 13.6. The van der Waals surface area contributed by atoms with Crippen LogP contribution < -0.4 is 10.2 Å². The van der Waals surface area contributed by atoms with Gasteiger partial charge in [0.25, 0.3) is 0 Å². The molecule has 0 heterocycles. The SMILES string of the molecule is Cc1cccc(C)c1N(C)C(=O)C(C)C(CN(CCF)CC(C)C)C(=O)Nc1cc(C(F)(F)F)cc(C(F)(F)F)c1. The molecular weight excluding hydrogens is 555 g/mol. The largest absolute Gasteiger partial charge is 0.416 e. The predicted octanol–water partition coefficient (Wildman–Crippen LogP) is 7.12. The number of benzene rings is 2. The average molecular weight is 592 g/mol. The summed E-state index contributed by atoms with van der Waals surface area (Å²) < 4.78 is 93.7. The molecule has 0 aliphatic carbocycles. The Morgan fingerprint density at radius 2 is 1.39 bits per heavy atom. The van der Waals surface area contributed by atoms with Crippen LogP contribution in [0.4, 0.5) is 42.1 Å². The summed E-state index contributed by atoms with van der Waals surface area (Å²) in [7, 11) is 1.53. The number of alkyl halides is 7. The first-order chi connectivity index (χ1) is 18.9. The van der Waals surface area contributed by atoms with Crippen molar-refractivity contribution in [1.82, 2.24) is 4.90 Å². The number of carbonyl (C=O) groups excluding carboxylic acids is 2. The van der Waals surface area contributed by atoms with Crippen LogP contribution in [0.3, 0.4) is 0 Å². The van der Waals surface area contributed by atoms with Crippen molar-refractivity contribution in [2.24, 2.45) is 17.8 Å². The van der Waals surface area contributed by atoms with Gasteiger partial charge in [0.2, 0.25) is 11.8 Å². The number of carbonyl (C=O) groups is 2. The Bertz CT molecular complexity index is 1160. The van der Waals surface area contributed by atoms with Gasteiger partial charge in [-0.3, -0.25) is 14.5 Å². The van der Waals surface area contributed by atoms with Crippen molar-refractivity contribution < 1.29 is 40.3 Å². The summed E-state index contributed by atoms with van der Waals surface area (Å²) in [6.45, 7) is 8.18. The van der Waals surface area contributed by atoms with E-state index in [9.17, 15) is 40.3 Å². The van der Waals surface area contributed by atoms with Crippen LogP contribution in [0.2, 0.25) is 0 Å². The monoisotopic (exact) mass is 591 g/mol. The molecule has 0 saturated carbocycles. The van der Waals surface area contributed by atoms with E-state index >= 15 is 0 Å². The van der Waals surface area contributed by atoms with E-state index in [1.807, 2.05) is 19.9 Å². The Kier molecular flexibility index (Phi) is 11.4. The molecule has 2 aromatic rings. The van der Waals surface area contributed by atoms with Crippen LogP contribution in [0.1, 0.15) is 43.0 Å². The van der Waals surface area contributed by atoms with Crippen LogP contribution >= 0.6 is 0 Å². The summed E-state index contributed by atoms with van der Waals surface area (Å²) in [6, 6.07) is 6.21. The molecule has 2 unspecified atom stereocenters. The summed E-state index contributed by atoms with van der Waals surface area (Å²) in [5, 5.41) is 2.17. The van der Waals surface area contributed by atoms with Crippen molar-refractivity contribution in [2.45, 2.75) is 47.0 Å². The van der Waals surface area contributed by atoms with Crippen LogP contribution in [-0.2, 0) is 21.9 Å². The zero-order chi connectivity index (χ0) is 31.3. The number of halogens is 7. The Morgan fingerprint density at radius 1 is 0.878 bits per heavy atom. The van der Waals surface area contributed by atoms with Crippen molar-refractivity contribution in [1.29, 1.82) is 0 Å². The van der Waals surface area contributed by atoms with Crippen molar-refractivity contribution in [3.8, 4) is 0 Å². The Balaban J connectivity index is 2.52. The van der Waals surface area contributed by atoms with Crippen molar-refractivity contribution in [3.63, 3.8) is 0 Å². The van der Waals surface area contributed by atoms with E-state index in [-0.39, 0.29) is 25.1 Å². The molecule has 0 aliphatic heterocycles. The van der Waals surface area contributed by atoms with Gasteiger partial charge in [0, 0.05) is 44.0 Å².